The van der Waals surface area contributed by atoms with Crippen molar-refractivity contribution in [2.45, 2.75) is 104 Å². The molecule has 1 rings (SSSR count). The van der Waals surface area contributed by atoms with E-state index in [1.807, 2.05) is 0 Å². The van der Waals surface area contributed by atoms with Crippen LogP contribution in [0.2, 0.25) is 0 Å². The maximum atomic E-state index is 11.8. The Morgan fingerprint density at radius 3 is 1.77 bits per heavy atom. The monoisotopic (exact) mass is 420 g/mol. The minimum Gasteiger partial charge on any atom is -0.493 e. The minimum atomic E-state index is -0.339. The van der Waals surface area contributed by atoms with Crippen LogP contribution in [0.4, 0.5) is 0 Å². The van der Waals surface area contributed by atoms with Gasteiger partial charge in [0, 0.05) is 0 Å². The number of rotatable bonds is 19. The van der Waals surface area contributed by atoms with E-state index in [9.17, 15) is 4.79 Å². The SMILES string of the molecule is CCCCCCCCCCCCCCCCOc1ccc(C(=O)OCC)cc1OC. The van der Waals surface area contributed by atoms with Gasteiger partial charge in [-0.1, -0.05) is 90.4 Å². The summed E-state index contributed by atoms with van der Waals surface area (Å²) in [5, 5.41) is 0. The van der Waals surface area contributed by atoms with E-state index in [1.54, 1.807) is 32.2 Å². The van der Waals surface area contributed by atoms with Crippen LogP contribution in [0.1, 0.15) is 114 Å². The van der Waals surface area contributed by atoms with Crippen molar-refractivity contribution in [3.05, 3.63) is 23.8 Å². The number of hydrogen-bond donors (Lipinski definition) is 0. The molecule has 0 atom stereocenters. The quantitative estimate of drug-likeness (QED) is 0.170. The second-order valence-corrected chi connectivity index (χ2v) is 8.03. The van der Waals surface area contributed by atoms with Gasteiger partial charge in [-0.15, -0.1) is 0 Å². The molecular formula is C26H44O4. The summed E-state index contributed by atoms with van der Waals surface area (Å²) in [4.78, 5) is 11.8. The highest BCUT2D eigenvalue weighted by atomic mass is 16.5. The number of hydrogen-bond acceptors (Lipinski definition) is 4. The molecule has 0 heterocycles. The van der Waals surface area contributed by atoms with Crippen molar-refractivity contribution in [3.63, 3.8) is 0 Å². The Labute approximate surface area is 184 Å². The van der Waals surface area contributed by atoms with Crippen molar-refractivity contribution in [2.24, 2.45) is 0 Å². The number of esters is 1. The summed E-state index contributed by atoms with van der Waals surface area (Å²) in [6, 6.07) is 5.19. The lowest BCUT2D eigenvalue weighted by Crippen LogP contribution is -2.06. The molecule has 0 fully saturated rings. The highest BCUT2D eigenvalue weighted by molar-refractivity contribution is 5.90. The zero-order valence-electron chi connectivity index (χ0n) is 19.7. The van der Waals surface area contributed by atoms with E-state index in [-0.39, 0.29) is 5.97 Å². The van der Waals surface area contributed by atoms with E-state index in [2.05, 4.69) is 6.92 Å². The molecular weight excluding hydrogens is 376 g/mol. The molecule has 0 saturated heterocycles. The Kier molecular flexibility index (Phi) is 15.9. The van der Waals surface area contributed by atoms with Crippen LogP contribution in [0.25, 0.3) is 0 Å². The van der Waals surface area contributed by atoms with Gasteiger partial charge in [0.1, 0.15) is 0 Å². The minimum absolute atomic E-state index is 0.339. The van der Waals surface area contributed by atoms with Gasteiger partial charge in [0.05, 0.1) is 25.9 Å². The van der Waals surface area contributed by atoms with Crippen LogP contribution in [0.15, 0.2) is 18.2 Å². The lowest BCUT2D eigenvalue weighted by Gasteiger charge is -2.12. The molecule has 0 N–H and O–H groups in total. The third-order valence-corrected chi connectivity index (χ3v) is 5.43. The van der Waals surface area contributed by atoms with E-state index in [0.717, 1.165) is 6.42 Å². The topological polar surface area (TPSA) is 44.8 Å². The number of benzene rings is 1. The Morgan fingerprint density at radius 2 is 1.27 bits per heavy atom. The van der Waals surface area contributed by atoms with Crippen molar-refractivity contribution in [3.8, 4) is 11.5 Å². The molecule has 0 amide bonds. The van der Waals surface area contributed by atoms with Gasteiger partial charge in [0.2, 0.25) is 0 Å². The second-order valence-electron chi connectivity index (χ2n) is 8.03. The maximum Gasteiger partial charge on any atom is 0.338 e. The van der Waals surface area contributed by atoms with Gasteiger partial charge in [-0.05, 0) is 31.5 Å². The molecule has 0 spiro atoms. The second kappa shape index (κ2) is 18.1. The molecule has 0 aliphatic rings. The first-order valence-electron chi connectivity index (χ1n) is 12.2. The Bertz CT molecular complexity index is 556. The number of carbonyl (C=O) groups is 1. The van der Waals surface area contributed by atoms with Crippen LogP contribution in [-0.2, 0) is 4.74 Å². The summed E-state index contributed by atoms with van der Waals surface area (Å²) in [6.07, 6.45) is 18.8. The molecule has 0 radical (unpaired) electrons. The first-order chi connectivity index (χ1) is 14.7. The number of carbonyl (C=O) groups excluding carboxylic acids is 1. The fourth-order valence-corrected chi connectivity index (χ4v) is 3.61. The summed E-state index contributed by atoms with van der Waals surface area (Å²) in [7, 11) is 1.59. The summed E-state index contributed by atoms with van der Waals surface area (Å²) in [5.41, 5.74) is 0.484. The zero-order chi connectivity index (χ0) is 21.9. The van der Waals surface area contributed by atoms with Crippen molar-refractivity contribution in [2.75, 3.05) is 20.3 Å². The van der Waals surface area contributed by atoms with Gasteiger partial charge in [0.25, 0.3) is 0 Å². The highest BCUT2D eigenvalue weighted by Gasteiger charge is 2.11. The Balaban J connectivity index is 2.03. The molecule has 1 aromatic rings. The molecule has 0 bridgehead atoms. The van der Waals surface area contributed by atoms with Gasteiger partial charge < -0.3 is 14.2 Å². The zero-order valence-corrected chi connectivity index (χ0v) is 19.7. The molecule has 4 nitrogen and oxygen atoms in total. The highest BCUT2D eigenvalue weighted by Crippen LogP contribution is 2.28. The van der Waals surface area contributed by atoms with E-state index in [1.165, 1.54) is 83.5 Å². The molecule has 0 saturated carbocycles. The average Bonchev–Trinajstić information content (AvgIpc) is 2.76. The summed E-state index contributed by atoms with van der Waals surface area (Å²) in [6.45, 7) is 5.10. The van der Waals surface area contributed by atoms with Crippen molar-refractivity contribution < 1.29 is 19.0 Å². The fraction of sp³-hybridized carbons (Fsp3) is 0.731. The van der Waals surface area contributed by atoms with Gasteiger partial charge in [0.15, 0.2) is 11.5 Å². The lowest BCUT2D eigenvalue weighted by molar-refractivity contribution is 0.0526. The third-order valence-electron chi connectivity index (χ3n) is 5.43. The van der Waals surface area contributed by atoms with E-state index >= 15 is 0 Å². The first kappa shape index (κ1) is 26.3. The number of unbranched alkanes of at least 4 members (excludes halogenated alkanes) is 13. The molecule has 0 aliphatic carbocycles. The Hall–Kier alpha value is -1.71. The number of ether oxygens (including phenoxy) is 3. The van der Waals surface area contributed by atoms with Gasteiger partial charge >= 0.3 is 5.97 Å². The normalized spacial score (nSPS) is 10.8. The summed E-state index contributed by atoms with van der Waals surface area (Å²) >= 11 is 0. The smallest absolute Gasteiger partial charge is 0.338 e. The lowest BCUT2D eigenvalue weighted by atomic mass is 10.0. The predicted molar refractivity (Wildman–Crippen MR) is 125 cm³/mol. The third kappa shape index (κ3) is 12.1. The van der Waals surface area contributed by atoms with Crippen molar-refractivity contribution in [1.82, 2.24) is 0 Å². The van der Waals surface area contributed by atoms with Gasteiger partial charge in [-0.2, -0.15) is 0 Å². The summed E-state index contributed by atoms with van der Waals surface area (Å²) < 4.78 is 16.2. The molecule has 4 heteroatoms. The van der Waals surface area contributed by atoms with Crippen LogP contribution >= 0.6 is 0 Å². The Morgan fingerprint density at radius 1 is 0.733 bits per heavy atom. The molecule has 172 valence electrons. The molecule has 0 aliphatic heterocycles. The molecule has 0 unspecified atom stereocenters. The van der Waals surface area contributed by atoms with Gasteiger partial charge in [-0.25, -0.2) is 4.79 Å². The molecule has 0 aromatic heterocycles. The van der Waals surface area contributed by atoms with Crippen molar-refractivity contribution in [1.29, 1.82) is 0 Å². The number of methoxy groups -OCH3 is 1. The molecule has 30 heavy (non-hydrogen) atoms. The predicted octanol–water partition coefficient (Wildman–Crippen LogP) is 7.73. The van der Waals surface area contributed by atoms with E-state index < -0.39 is 0 Å². The van der Waals surface area contributed by atoms with E-state index in [4.69, 9.17) is 14.2 Å². The van der Waals surface area contributed by atoms with Crippen LogP contribution in [-0.4, -0.2) is 26.3 Å². The van der Waals surface area contributed by atoms with Crippen LogP contribution in [0.3, 0.4) is 0 Å². The van der Waals surface area contributed by atoms with Crippen LogP contribution < -0.4 is 9.47 Å². The van der Waals surface area contributed by atoms with Crippen LogP contribution in [0.5, 0.6) is 11.5 Å². The maximum absolute atomic E-state index is 11.8. The van der Waals surface area contributed by atoms with E-state index in [0.29, 0.717) is 30.3 Å². The fourth-order valence-electron chi connectivity index (χ4n) is 3.61. The molecule has 1 aromatic carbocycles. The summed E-state index contributed by atoms with van der Waals surface area (Å²) in [5.74, 6) is 0.917. The van der Waals surface area contributed by atoms with Crippen molar-refractivity contribution >= 4 is 5.97 Å². The van der Waals surface area contributed by atoms with Crippen LogP contribution in [0, 0.1) is 0 Å². The largest absolute Gasteiger partial charge is 0.493 e. The average molecular weight is 421 g/mol. The standard InChI is InChI=1S/C26H44O4/c1-4-6-7-8-9-10-11-12-13-14-15-16-17-18-21-30-24-20-19-23(22-25(24)28-3)26(27)29-5-2/h19-20,22H,4-18,21H2,1-3H3. The van der Waals surface area contributed by atoms with Gasteiger partial charge in [-0.3, -0.25) is 0 Å². The first-order valence-corrected chi connectivity index (χ1v) is 12.2.